The van der Waals surface area contributed by atoms with Gasteiger partial charge in [0.2, 0.25) is 11.9 Å². The molecule has 0 saturated carbocycles. The molecule has 41 heavy (non-hydrogen) atoms. The molecule has 1 aliphatic rings. The van der Waals surface area contributed by atoms with Crippen LogP contribution in [0, 0.1) is 6.92 Å². The normalized spacial score (nSPS) is 13.5. The lowest BCUT2D eigenvalue weighted by molar-refractivity contribution is -0.130. The molecule has 3 aromatic carbocycles. The van der Waals surface area contributed by atoms with Crippen LogP contribution in [0.3, 0.4) is 0 Å². The third-order valence-corrected chi connectivity index (χ3v) is 8.41. The number of nitrogens with zero attached hydrogens (tertiary/aromatic N) is 4. The Bertz CT molecular complexity index is 1670. The highest BCUT2D eigenvalue weighted by molar-refractivity contribution is 7.92. The lowest BCUT2D eigenvalue weighted by Crippen LogP contribution is -2.50. The summed E-state index contributed by atoms with van der Waals surface area (Å²) < 4.78 is 28.2. The molecule has 10 nitrogen and oxygen atoms in total. The molecule has 0 spiro atoms. The second kappa shape index (κ2) is 11.8. The first-order chi connectivity index (χ1) is 19.7. The van der Waals surface area contributed by atoms with Gasteiger partial charge >= 0.3 is 0 Å². The smallest absolute Gasteiger partial charge is 0.262 e. The lowest BCUT2D eigenvalue weighted by atomic mass is 10.1. The van der Waals surface area contributed by atoms with Gasteiger partial charge in [0, 0.05) is 61.8 Å². The molecule has 1 fully saturated rings. The maximum Gasteiger partial charge on any atom is 0.262 e. The van der Waals surface area contributed by atoms with E-state index in [2.05, 4.69) is 20.0 Å². The molecule has 2 heterocycles. The molecule has 0 radical (unpaired) electrons. The fourth-order valence-corrected chi connectivity index (χ4v) is 5.90. The summed E-state index contributed by atoms with van der Waals surface area (Å²) in [5, 5.41) is 3.16. The van der Waals surface area contributed by atoms with Gasteiger partial charge in [-0.05, 0) is 61.0 Å². The van der Waals surface area contributed by atoms with Crippen LogP contribution >= 0.6 is 0 Å². The molecule has 1 aliphatic heterocycles. The summed E-state index contributed by atoms with van der Waals surface area (Å²) in [6.07, 6.45) is 1.64. The average molecular weight is 571 g/mol. The third kappa shape index (κ3) is 6.52. The molecule has 4 aromatic rings. The predicted octanol–water partition coefficient (Wildman–Crippen LogP) is 4.30. The molecule has 0 aliphatic carbocycles. The Balaban J connectivity index is 1.22. The number of sulfonamides is 1. The number of benzene rings is 3. The summed E-state index contributed by atoms with van der Waals surface area (Å²) in [4.78, 5) is 37.0. The van der Waals surface area contributed by atoms with E-state index >= 15 is 0 Å². The minimum atomic E-state index is -3.71. The first-order valence-electron chi connectivity index (χ1n) is 13.1. The van der Waals surface area contributed by atoms with Crippen molar-refractivity contribution in [2.45, 2.75) is 18.7 Å². The maximum atomic E-state index is 12.9. The number of aromatic nitrogens is 2. The van der Waals surface area contributed by atoms with Crippen LogP contribution in [0.1, 0.15) is 22.8 Å². The van der Waals surface area contributed by atoms with E-state index in [-0.39, 0.29) is 16.7 Å². The monoisotopic (exact) mass is 570 g/mol. The van der Waals surface area contributed by atoms with Crippen molar-refractivity contribution in [2.75, 3.05) is 36.2 Å². The number of carbonyl (C=O) groups is 2. The molecule has 1 saturated heterocycles. The van der Waals surface area contributed by atoms with E-state index in [9.17, 15) is 18.0 Å². The van der Waals surface area contributed by atoms with Crippen molar-refractivity contribution in [1.82, 2.24) is 19.8 Å². The molecule has 2 amide bonds. The Labute approximate surface area is 239 Å². The first kappa shape index (κ1) is 27.8. The highest BCUT2D eigenvalue weighted by Gasteiger charge is 2.23. The van der Waals surface area contributed by atoms with Gasteiger partial charge in [0.25, 0.3) is 15.9 Å². The van der Waals surface area contributed by atoms with Crippen LogP contribution in [0.15, 0.2) is 90.0 Å². The molecular formula is C30H30N6O4S. The van der Waals surface area contributed by atoms with Crippen LogP contribution in [0.4, 0.5) is 17.3 Å². The molecule has 11 heteroatoms. The van der Waals surface area contributed by atoms with Crippen molar-refractivity contribution in [3.8, 4) is 11.3 Å². The summed E-state index contributed by atoms with van der Waals surface area (Å²) in [6.45, 7) is 5.41. The largest absolute Gasteiger partial charge is 0.339 e. The zero-order chi connectivity index (χ0) is 29.0. The number of rotatable bonds is 7. The summed E-state index contributed by atoms with van der Waals surface area (Å²) in [5.41, 5.74) is 3.86. The minimum absolute atomic E-state index is 0.0252. The van der Waals surface area contributed by atoms with Gasteiger partial charge in [0.1, 0.15) is 0 Å². The van der Waals surface area contributed by atoms with Gasteiger partial charge < -0.3 is 15.1 Å². The van der Waals surface area contributed by atoms with E-state index in [1.807, 2.05) is 0 Å². The summed E-state index contributed by atoms with van der Waals surface area (Å²) in [5.74, 6) is 0.339. The van der Waals surface area contributed by atoms with Gasteiger partial charge in [-0.1, -0.05) is 30.3 Å². The summed E-state index contributed by atoms with van der Waals surface area (Å²) in [6, 6.07) is 22.7. The number of amides is 2. The molecule has 2 N–H and O–H groups in total. The fraction of sp³-hybridized carbons (Fsp3) is 0.200. The number of carbonyl (C=O) groups excluding carboxylic acids is 2. The molecule has 5 rings (SSSR count). The van der Waals surface area contributed by atoms with E-state index in [0.29, 0.717) is 54.6 Å². The SMILES string of the molecule is CC(=O)N1CCN(C(=O)c2ccc(Nc3nccc(-c4ccc(NS(=O)(=O)c5ccccc5C)cc4)n3)cc2)CC1. The van der Waals surface area contributed by atoms with Crippen molar-refractivity contribution in [2.24, 2.45) is 0 Å². The van der Waals surface area contributed by atoms with Crippen LogP contribution < -0.4 is 10.0 Å². The van der Waals surface area contributed by atoms with Crippen molar-refractivity contribution < 1.29 is 18.0 Å². The molecule has 0 unspecified atom stereocenters. The Hall–Kier alpha value is -4.77. The minimum Gasteiger partial charge on any atom is -0.339 e. The molecule has 0 atom stereocenters. The van der Waals surface area contributed by atoms with E-state index < -0.39 is 10.0 Å². The van der Waals surface area contributed by atoms with E-state index in [4.69, 9.17) is 0 Å². The number of nitrogens with one attached hydrogen (secondary N) is 2. The fourth-order valence-electron chi connectivity index (χ4n) is 4.59. The predicted molar refractivity (Wildman–Crippen MR) is 157 cm³/mol. The van der Waals surface area contributed by atoms with Crippen molar-refractivity contribution in [3.63, 3.8) is 0 Å². The van der Waals surface area contributed by atoms with E-state index in [0.717, 1.165) is 11.3 Å². The Morgan fingerprint density at radius 2 is 1.44 bits per heavy atom. The summed E-state index contributed by atoms with van der Waals surface area (Å²) in [7, 11) is -3.71. The van der Waals surface area contributed by atoms with Gasteiger partial charge in [-0.15, -0.1) is 0 Å². The molecule has 0 bridgehead atoms. The highest BCUT2D eigenvalue weighted by Crippen LogP contribution is 2.24. The maximum absolute atomic E-state index is 12.9. The standard InChI is InChI=1S/C30H30N6O4S/c1-21-5-3-4-6-28(21)41(39,40)34-26-13-7-23(8-14-26)27-15-16-31-30(33-27)32-25-11-9-24(10-12-25)29(38)36-19-17-35(18-20-36)22(2)37/h3-16,34H,17-20H2,1-2H3,(H,31,32,33). The van der Waals surface area contributed by atoms with Crippen LogP contribution in [0.5, 0.6) is 0 Å². The average Bonchev–Trinajstić information content (AvgIpc) is 2.98. The van der Waals surface area contributed by atoms with Gasteiger partial charge in [0.05, 0.1) is 10.6 Å². The Kier molecular flexibility index (Phi) is 7.97. The van der Waals surface area contributed by atoms with Crippen molar-refractivity contribution in [3.05, 3.63) is 96.2 Å². The van der Waals surface area contributed by atoms with Gasteiger partial charge in [0.15, 0.2) is 0 Å². The van der Waals surface area contributed by atoms with Crippen molar-refractivity contribution >= 4 is 39.2 Å². The van der Waals surface area contributed by atoms with Crippen LogP contribution in [0.25, 0.3) is 11.3 Å². The third-order valence-electron chi connectivity index (χ3n) is 6.87. The van der Waals surface area contributed by atoms with Gasteiger partial charge in [-0.2, -0.15) is 0 Å². The highest BCUT2D eigenvalue weighted by atomic mass is 32.2. The van der Waals surface area contributed by atoms with Gasteiger partial charge in [-0.25, -0.2) is 18.4 Å². The van der Waals surface area contributed by atoms with Crippen LogP contribution in [0.2, 0.25) is 0 Å². The van der Waals surface area contributed by atoms with E-state index in [1.54, 1.807) is 109 Å². The lowest BCUT2D eigenvalue weighted by Gasteiger charge is -2.34. The number of hydrogen-bond acceptors (Lipinski definition) is 7. The number of anilines is 3. The number of hydrogen-bond donors (Lipinski definition) is 2. The van der Waals surface area contributed by atoms with E-state index in [1.165, 1.54) is 0 Å². The van der Waals surface area contributed by atoms with Crippen LogP contribution in [-0.4, -0.2) is 66.2 Å². The quantitative estimate of drug-likeness (QED) is 0.339. The number of piperazine rings is 1. The zero-order valence-electron chi connectivity index (χ0n) is 22.7. The second-order valence-electron chi connectivity index (χ2n) is 9.71. The zero-order valence-corrected chi connectivity index (χ0v) is 23.6. The number of aryl methyl sites for hydroxylation is 1. The van der Waals surface area contributed by atoms with Gasteiger partial charge in [-0.3, -0.25) is 14.3 Å². The molecule has 1 aromatic heterocycles. The second-order valence-corrected chi connectivity index (χ2v) is 11.4. The van der Waals surface area contributed by atoms with Crippen molar-refractivity contribution in [1.29, 1.82) is 0 Å². The molecular weight excluding hydrogens is 540 g/mol. The first-order valence-corrected chi connectivity index (χ1v) is 14.6. The Morgan fingerprint density at radius 3 is 2.10 bits per heavy atom. The molecule has 210 valence electrons. The van der Waals surface area contributed by atoms with Crippen LogP contribution in [-0.2, 0) is 14.8 Å². The summed E-state index contributed by atoms with van der Waals surface area (Å²) >= 11 is 0. The topological polar surface area (TPSA) is 125 Å². The Morgan fingerprint density at radius 1 is 0.805 bits per heavy atom.